The number of alkyl halides is 1. The van der Waals surface area contributed by atoms with Crippen molar-refractivity contribution in [2.45, 2.75) is 34.1 Å². The highest BCUT2D eigenvalue weighted by molar-refractivity contribution is 9.09. The first kappa shape index (κ1) is 15.4. The standard InChI is InChI=1S/C10H22BrNO2S/c1-5-12(8-7-11)15(13,14)9-6-10(2,3)4/h5-9H2,1-4H3. The minimum Gasteiger partial charge on any atom is -0.212 e. The lowest BCUT2D eigenvalue weighted by Gasteiger charge is -2.23. The van der Waals surface area contributed by atoms with Gasteiger partial charge < -0.3 is 0 Å². The van der Waals surface area contributed by atoms with E-state index in [0.717, 1.165) is 0 Å². The number of hydrogen-bond acceptors (Lipinski definition) is 2. The zero-order chi connectivity index (χ0) is 12.1. The molecule has 0 radical (unpaired) electrons. The SMILES string of the molecule is CCN(CCBr)S(=O)(=O)CCC(C)(C)C. The van der Waals surface area contributed by atoms with Crippen molar-refractivity contribution >= 4 is 26.0 Å². The number of halogens is 1. The van der Waals surface area contributed by atoms with Gasteiger partial charge in [0, 0.05) is 18.4 Å². The summed E-state index contributed by atoms with van der Waals surface area (Å²) in [7, 11) is -3.06. The number of rotatable bonds is 6. The van der Waals surface area contributed by atoms with Gasteiger partial charge in [0.25, 0.3) is 0 Å². The summed E-state index contributed by atoms with van der Waals surface area (Å²) in [6.45, 7) is 9.16. The highest BCUT2D eigenvalue weighted by Gasteiger charge is 2.22. The molecule has 0 heterocycles. The predicted molar refractivity (Wildman–Crippen MR) is 68.9 cm³/mol. The molecule has 92 valence electrons. The Kier molecular flexibility index (Phi) is 6.37. The molecule has 0 N–H and O–H groups in total. The molecule has 0 amide bonds. The fraction of sp³-hybridized carbons (Fsp3) is 1.00. The predicted octanol–water partition coefficient (Wildman–Crippen LogP) is 2.47. The van der Waals surface area contributed by atoms with Gasteiger partial charge in [-0.15, -0.1) is 0 Å². The Balaban J connectivity index is 4.40. The van der Waals surface area contributed by atoms with Crippen molar-refractivity contribution < 1.29 is 8.42 Å². The second-order valence-electron chi connectivity index (χ2n) is 4.81. The van der Waals surface area contributed by atoms with Crippen LogP contribution in [0.5, 0.6) is 0 Å². The second-order valence-corrected chi connectivity index (χ2v) is 7.69. The fourth-order valence-electron chi connectivity index (χ4n) is 1.15. The van der Waals surface area contributed by atoms with Gasteiger partial charge in [-0.3, -0.25) is 0 Å². The lowest BCUT2D eigenvalue weighted by atomic mass is 9.94. The molecule has 0 unspecified atom stereocenters. The molecule has 0 aromatic carbocycles. The van der Waals surface area contributed by atoms with Crippen molar-refractivity contribution in [3.05, 3.63) is 0 Å². The summed E-state index contributed by atoms with van der Waals surface area (Å²) in [6.07, 6.45) is 0.702. The smallest absolute Gasteiger partial charge is 0.212 e. The van der Waals surface area contributed by atoms with Gasteiger partial charge >= 0.3 is 0 Å². The van der Waals surface area contributed by atoms with Gasteiger partial charge in [-0.05, 0) is 11.8 Å². The minimum absolute atomic E-state index is 0.0703. The Hall–Kier alpha value is 0.390. The van der Waals surface area contributed by atoms with Crippen LogP contribution in [0, 0.1) is 5.41 Å². The molecule has 0 aliphatic carbocycles. The summed E-state index contributed by atoms with van der Waals surface area (Å²) in [4.78, 5) is 0. The first-order valence-electron chi connectivity index (χ1n) is 5.26. The first-order valence-corrected chi connectivity index (χ1v) is 8.00. The maximum Gasteiger partial charge on any atom is 0.214 e. The molecular formula is C10H22BrNO2S. The molecule has 3 nitrogen and oxygen atoms in total. The third-order valence-corrected chi connectivity index (χ3v) is 4.49. The largest absolute Gasteiger partial charge is 0.214 e. The van der Waals surface area contributed by atoms with E-state index in [1.165, 1.54) is 4.31 Å². The molecule has 0 fully saturated rings. The summed E-state index contributed by atoms with van der Waals surface area (Å²) in [5, 5.41) is 0.690. The van der Waals surface area contributed by atoms with Gasteiger partial charge in [0.1, 0.15) is 0 Å². The molecule has 0 atom stereocenters. The molecule has 15 heavy (non-hydrogen) atoms. The highest BCUT2D eigenvalue weighted by atomic mass is 79.9. The van der Waals surface area contributed by atoms with Crippen molar-refractivity contribution in [1.29, 1.82) is 0 Å². The second kappa shape index (κ2) is 6.21. The van der Waals surface area contributed by atoms with Crippen LogP contribution in [0.3, 0.4) is 0 Å². The average Bonchev–Trinajstić information content (AvgIpc) is 2.10. The van der Waals surface area contributed by atoms with Crippen LogP contribution in [0.2, 0.25) is 0 Å². The Morgan fingerprint density at radius 2 is 1.80 bits per heavy atom. The number of sulfonamides is 1. The summed E-state index contributed by atoms with van der Waals surface area (Å²) in [5.41, 5.74) is 0.0703. The summed E-state index contributed by atoms with van der Waals surface area (Å²) in [6, 6.07) is 0. The van der Waals surface area contributed by atoms with Crippen LogP contribution in [-0.4, -0.2) is 36.9 Å². The van der Waals surface area contributed by atoms with E-state index in [4.69, 9.17) is 0 Å². The van der Waals surface area contributed by atoms with Gasteiger partial charge in [-0.2, -0.15) is 0 Å². The molecule has 0 rings (SSSR count). The number of nitrogens with zero attached hydrogens (tertiary/aromatic N) is 1. The molecule has 0 aliphatic rings. The molecule has 5 heteroatoms. The molecule has 0 spiro atoms. The maximum atomic E-state index is 11.9. The molecule has 0 aromatic heterocycles. The zero-order valence-corrected chi connectivity index (χ0v) is 12.5. The van der Waals surface area contributed by atoms with Crippen molar-refractivity contribution in [1.82, 2.24) is 4.31 Å². The van der Waals surface area contributed by atoms with E-state index in [-0.39, 0.29) is 11.2 Å². The van der Waals surface area contributed by atoms with Gasteiger partial charge in [0.15, 0.2) is 0 Å². The van der Waals surface area contributed by atoms with Gasteiger partial charge in [-0.25, -0.2) is 12.7 Å². The van der Waals surface area contributed by atoms with E-state index in [1.807, 2.05) is 6.92 Å². The quantitative estimate of drug-likeness (QED) is 0.707. The van der Waals surface area contributed by atoms with Crippen LogP contribution in [0.15, 0.2) is 0 Å². The van der Waals surface area contributed by atoms with E-state index in [1.54, 1.807) is 0 Å². The topological polar surface area (TPSA) is 37.4 Å². The third kappa shape index (κ3) is 6.53. The molecule has 0 bridgehead atoms. The Labute approximate surface area is 102 Å². The van der Waals surface area contributed by atoms with Crippen molar-refractivity contribution in [3.63, 3.8) is 0 Å². The summed E-state index contributed by atoms with van der Waals surface area (Å²) in [5.74, 6) is 0.247. The van der Waals surface area contributed by atoms with Crippen LogP contribution < -0.4 is 0 Å². The van der Waals surface area contributed by atoms with Crippen molar-refractivity contribution in [2.24, 2.45) is 5.41 Å². The van der Waals surface area contributed by atoms with Crippen LogP contribution in [0.4, 0.5) is 0 Å². The van der Waals surface area contributed by atoms with Gasteiger partial charge in [0.2, 0.25) is 10.0 Å². The van der Waals surface area contributed by atoms with Crippen molar-refractivity contribution in [3.8, 4) is 0 Å². The van der Waals surface area contributed by atoms with E-state index in [2.05, 4.69) is 36.7 Å². The number of hydrogen-bond donors (Lipinski definition) is 0. The molecule has 0 saturated carbocycles. The summed E-state index contributed by atoms with van der Waals surface area (Å²) >= 11 is 3.27. The van der Waals surface area contributed by atoms with Crippen LogP contribution >= 0.6 is 15.9 Å². The van der Waals surface area contributed by atoms with E-state index in [0.29, 0.717) is 24.8 Å². The van der Waals surface area contributed by atoms with E-state index < -0.39 is 10.0 Å². The lowest BCUT2D eigenvalue weighted by molar-refractivity contribution is 0.386. The third-order valence-electron chi connectivity index (χ3n) is 2.19. The molecule has 0 aromatic rings. The molecular weight excluding hydrogens is 278 g/mol. The Morgan fingerprint density at radius 1 is 1.27 bits per heavy atom. The van der Waals surface area contributed by atoms with Crippen LogP contribution in [0.1, 0.15) is 34.1 Å². The molecule has 0 saturated heterocycles. The zero-order valence-electron chi connectivity index (χ0n) is 10.1. The fourth-order valence-corrected chi connectivity index (χ4v) is 3.71. The molecule has 0 aliphatic heterocycles. The lowest BCUT2D eigenvalue weighted by Crippen LogP contribution is -2.35. The van der Waals surface area contributed by atoms with Crippen LogP contribution in [0.25, 0.3) is 0 Å². The highest BCUT2D eigenvalue weighted by Crippen LogP contribution is 2.20. The average molecular weight is 300 g/mol. The minimum atomic E-state index is -3.06. The first-order chi connectivity index (χ1) is 6.73. The summed E-state index contributed by atoms with van der Waals surface area (Å²) < 4.78 is 25.3. The monoisotopic (exact) mass is 299 g/mol. The Morgan fingerprint density at radius 3 is 2.13 bits per heavy atom. The van der Waals surface area contributed by atoms with Gasteiger partial charge in [-0.1, -0.05) is 43.6 Å². The van der Waals surface area contributed by atoms with E-state index >= 15 is 0 Å². The van der Waals surface area contributed by atoms with Gasteiger partial charge in [0.05, 0.1) is 5.75 Å². The van der Waals surface area contributed by atoms with Crippen molar-refractivity contribution in [2.75, 3.05) is 24.2 Å². The van der Waals surface area contributed by atoms with Crippen LogP contribution in [-0.2, 0) is 10.0 Å². The normalized spacial score (nSPS) is 13.5. The van der Waals surface area contributed by atoms with E-state index in [9.17, 15) is 8.42 Å². The Bertz CT molecular complexity index is 270. The maximum absolute atomic E-state index is 11.9.